The van der Waals surface area contributed by atoms with Gasteiger partial charge in [0, 0.05) is 44.3 Å². The molecule has 3 aliphatic rings. The van der Waals surface area contributed by atoms with Crippen molar-refractivity contribution in [2.24, 2.45) is 0 Å². The predicted molar refractivity (Wildman–Crippen MR) is 102 cm³/mol. The van der Waals surface area contributed by atoms with Crippen molar-refractivity contribution >= 4 is 30.2 Å². The maximum Gasteiger partial charge on any atom is 0.376 e. The van der Waals surface area contributed by atoms with Crippen molar-refractivity contribution in [2.45, 2.75) is 63.5 Å². The highest BCUT2D eigenvalue weighted by Gasteiger charge is 2.43. The molecule has 0 spiro atoms. The highest BCUT2D eigenvalue weighted by atomic mass is 35.5. The van der Waals surface area contributed by atoms with E-state index >= 15 is 0 Å². The Morgan fingerprint density at radius 1 is 1.12 bits per heavy atom. The second kappa shape index (κ2) is 6.93. The number of hydrogen-bond acceptors (Lipinski definition) is 6. The Balaban J connectivity index is 1.63. The molecule has 2 atom stereocenters. The summed E-state index contributed by atoms with van der Waals surface area (Å²) in [4.78, 5) is 7.05. The predicted octanol–water partition coefficient (Wildman–Crippen LogP) is 2.27. The topological polar surface area (TPSA) is 55.7 Å². The summed E-state index contributed by atoms with van der Waals surface area (Å²) in [6.07, 6.45) is 6.94. The first kappa shape index (κ1) is 17.4. The van der Waals surface area contributed by atoms with Gasteiger partial charge in [-0.1, -0.05) is 18.0 Å². The largest absolute Gasteiger partial charge is 0.437 e. The summed E-state index contributed by atoms with van der Waals surface area (Å²) in [6, 6.07) is 3.35. The maximum absolute atomic E-state index is 10.2. The third-order valence-electron chi connectivity index (χ3n) is 6.18. The van der Waals surface area contributed by atoms with Gasteiger partial charge in [-0.15, -0.1) is 10.2 Å². The molecule has 0 aromatic carbocycles. The van der Waals surface area contributed by atoms with Crippen LogP contribution in [0.4, 0.5) is 11.5 Å². The molecule has 4 heterocycles. The Hall–Kier alpha value is -1.05. The molecule has 25 heavy (non-hydrogen) atoms. The van der Waals surface area contributed by atoms with Crippen molar-refractivity contribution in [3.05, 3.63) is 11.2 Å². The number of fused-ring (bicyclic) bond motifs is 3. The molecule has 1 aromatic heterocycles. The van der Waals surface area contributed by atoms with E-state index in [1.807, 2.05) is 12.9 Å². The number of piperidine rings is 2. The van der Waals surface area contributed by atoms with Crippen LogP contribution >= 0.6 is 11.6 Å². The minimum absolute atomic E-state index is 0.350. The Bertz CT molecular complexity index is 619. The summed E-state index contributed by atoms with van der Waals surface area (Å²) >= 11 is 6.11. The molecule has 2 fully saturated rings. The summed E-state index contributed by atoms with van der Waals surface area (Å²) in [7, 11) is 1.75. The summed E-state index contributed by atoms with van der Waals surface area (Å²) in [5, 5.41) is 19.3. The van der Waals surface area contributed by atoms with E-state index in [2.05, 4.69) is 31.9 Å². The van der Waals surface area contributed by atoms with Gasteiger partial charge >= 0.3 is 7.05 Å². The molecular weight excluding hydrogens is 336 g/mol. The minimum Gasteiger partial charge on any atom is -0.437 e. The second-order valence-corrected chi connectivity index (χ2v) is 8.17. The average molecular weight is 364 g/mol. The van der Waals surface area contributed by atoms with Gasteiger partial charge in [-0.2, -0.15) is 0 Å². The Labute approximate surface area is 155 Å². The zero-order valence-corrected chi connectivity index (χ0v) is 15.9. The number of nitrogens with zero attached hydrogens (tertiary/aromatic N) is 5. The molecule has 8 heteroatoms. The summed E-state index contributed by atoms with van der Waals surface area (Å²) < 4.78 is 0. The third-order valence-corrected chi connectivity index (χ3v) is 6.36. The molecule has 0 aliphatic carbocycles. The van der Waals surface area contributed by atoms with Gasteiger partial charge in [-0.3, -0.25) is 0 Å². The summed E-state index contributed by atoms with van der Waals surface area (Å²) in [6.45, 7) is 3.92. The third kappa shape index (κ3) is 3.22. The van der Waals surface area contributed by atoms with Gasteiger partial charge in [-0.25, -0.2) is 0 Å². The lowest BCUT2D eigenvalue weighted by Crippen LogP contribution is -2.61. The molecule has 1 N–H and O–H groups in total. The fourth-order valence-corrected chi connectivity index (χ4v) is 5.29. The van der Waals surface area contributed by atoms with Crippen LogP contribution in [0.3, 0.4) is 0 Å². The molecule has 2 bridgehead atoms. The number of anilines is 2. The van der Waals surface area contributed by atoms with Crippen molar-refractivity contribution < 1.29 is 5.02 Å². The van der Waals surface area contributed by atoms with Crippen LogP contribution in [0.1, 0.15) is 38.5 Å². The lowest BCUT2D eigenvalue weighted by Gasteiger charge is -2.52. The first-order chi connectivity index (χ1) is 12.0. The van der Waals surface area contributed by atoms with Gasteiger partial charge in [0.2, 0.25) is 0 Å². The molecule has 0 radical (unpaired) electrons. The molecule has 4 rings (SSSR count). The first-order valence-electron chi connectivity index (χ1n) is 9.51. The van der Waals surface area contributed by atoms with E-state index in [1.165, 1.54) is 19.3 Å². The van der Waals surface area contributed by atoms with E-state index in [0.29, 0.717) is 23.3 Å². The van der Waals surface area contributed by atoms with Crippen LogP contribution in [0.15, 0.2) is 6.07 Å². The fraction of sp³-hybridized carbons (Fsp3) is 0.765. The number of halogens is 1. The van der Waals surface area contributed by atoms with Crippen LogP contribution in [-0.4, -0.2) is 65.3 Å². The van der Waals surface area contributed by atoms with Crippen molar-refractivity contribution in [1.29, 1.82) is 0 Å². The minimum atomic E-state index is -0.350. The zero-order chi connectivity index (χ0) is 17.6. The van der Waals surface area contributed by atoms with E-state index in [1.54, 1.807) is 0 Å². The van der Waals surface area contributed by atoms with Gasteiger partial charge in [-0.05, 0) is 38.9 Å². The molecule has 2 unspecified atom stereocenters. The molecule has 2 saturated heterocycles. The Morgan fingerprint density at radius 3 is 2.52 bits per heavy atom. The van der Waals surface area contributed by atoms with Gasteiger partial charge in [0.05, 0.1) is 5.69 Å². The van der Waals surface area contributed by atoms with Crippen LogP contribution in [0.5, 0.6) is 0 Å². The van der Waals surface area contributed by atoms with Gasteiger partial charge in [0.15, 0.2) is 11.0 Å². The van der Waals surface area contributed by atoms with Gasteiger partial charge in [0.1, 0.15) is 0 Å². The van der Waals surface area contributed by atoms with Crippen LogP contribution < -0.4 is 9.80 Å². The van der Waals surface area contributed by atoms with Crippen molar-refractivity contribution in [3.63, 3.8) is 0 Å². The van der Waals surface area contributed by atoms with Gasteiger partial charge < -0.3 is 19.6 Å². The molecular formula is C17H27BClN5O. The highest BCUT2D eigenvalue weighted by Crippen LogP contribution is 2.40. The summed E-state index contributed by atoms with van der Waals surface area (Å²) in [5.41, 5.74) is 1.08. The van der Waals surface area contributed by atoms with Crippen LogP contribution in [-0.2, 0) is 0 Å². The molecule has 3 aliphatic heterocycles. The van der Waals surface area contributed by atoms with E-state index in [9.17, 15) is 5.02 Å². The van der Waals surface area contributed by atoms with Crippen LogP contribution in [0.25, 0.3) is 0 Å². The lowest BCUT2D eigenvalue weighted by atomic mass is 9.70. The van der Waals surface area contributed by atoms with Crippen molar-refractivity contribution in [3.8, 4) is 0 Å². The monoisotopic (exact) mass is 363 g/mol. The van der Waals surface area contributed by atoms with Crippen LogP contribution in [0, 0.1) is 0 Å². The van der Waals surface area contributed by atoms with Gasteiger partial charge in [0.25, 0.3) is 0 Å². The standard InChI is InChI=1S/C17H27BClN5O/c1-18(25)24-12-5-3-6-13(24)10-14(9-12)23-8-4-7-22(2)15-11-16(19)20-21-17(15)23/h11-14,25H,3-10H2,1-2H3. The van der Waals surface area contributed by atoms with Crippen molar-refractivity contribution in [2.75, 3.05) is 29.9 Å². The normalized spacial score (nSPS) is 30.0. The average Bonchev–Trinajstić information content (AvgIpc) is 2.73. The van der Waals surface area contributed by atoms with Crippen molar-refractivity contribution in [1.82, 2.24) is 15.0 Å². The zero-order valence-electron chi connectivity index (χ0n) is 15.1. The molecule has 136 valence electrons. The van der Waals surface area contributed by atoms with E-state index in [-0.39, 0.29) is 7.05 Å². The molecule has 1 aromatic rings. The fourth-order valence-electron chi connectivity index (χ4n) is 5.15. The van der Waals surface area contributed by atoms with E-state index in [4.69, 9.17) is 11.6 Å². The smallest absolute Gasteiger partial charge is 0.376 e. The van der Waals surface area contributed by atoms with E-state index in [0.717, 1.165) is 43.9 Å². The maximum atomic E-state index is 10.2. The summed E-state index contributed by atoms with van der Waals surface area (Å²) in [5.74, 6) is 0.970. The van der Waals surface area contributed by atoms with Crippen LogP contribution in [0.2, 0.25) is 12.0 Å². The molecule has 0 saturated carbocycles. The Morgan fingerprint density at radius 2 is 1.84 bits per heavy atom. The quantitative estimate of drug-likeness (QED) is 0.814. The number of rotatable bonds is 2. The SMILES string of the molecule is CB(O)N1C2CCCC1CC(N1CCCN(C)c3cc(Cl)nnc31)C2. The highest BCUT2D eigenvalue weighted by molar-refractivity contribution is 6.45. The lowest BCUT2D eigenvalue weighted by molar-refractivity contribution is 0.0896. The first-order valence-corrected chi connectivity index (χ1v) is 9.89. The molecule has 6 nitrogen and oxygen atoms in total. The number of hydrogen-bond donors (Lipinski definition) is 1. The number of aromatic nitrogens is 2. The second-order valence-electron chi connectivity index (χ2n) is 7.79. The molecule has 0 amide bonds. The van der Waals surface area contributed by atoms with E-state index < -0.39 is 0 Å². The Kier molecular flexibility index (Phi) is 4.82.